The van der Waals surface area contributed by atoms with Crippen LogP contribution in [0.1, 0.15) is 25.7 Å². The summed E-state index contributed by atoms with van der Waals surface area (Å²) in [5.74, 6) is 0.518. The molecule has 100 valence electrons. The maximum atomic E-state index is 12.1. The van der Waals surface area contributed by atoms with Gasteiger partial charge in [0, 0.05) is 12.4 Å². The Morgan fingerprint density at radius 1 is 1.17 bits per heavy atom. The quantitative estimate of drug-likeness (QED) is 0.847. The minimum Gasteiger partial charge on any atom is -0.211 e. The molecule has 0 aliphatic heterocycles. The van der Waals surface area contributed by atoms with E-state index in [4.69, 9.17) is 11.6 Å². The summed E-state index contributed by atoms with van der Waals surface area (Å²) in [5.41, 5.74) is -0.0522. The molecule has 0 amide bonds. The van der Waals surface area contributed by atoms with Gasteiger partial charge in [0.05, 0.1) is 4.90 Å². The summed E-state index contributed by atoms with van der Waals surface area (Å²) in [6.07, 6.45) is 4.29. The molecule has 0 radical (unpaired) electrons. The molecule has 0 unspecified atom stereocenters. The van der Waals surface area contributed by atoms with Crippen molar-refractivity contribution in [2.75, 3.05) is 12.4 Å². The zero-order chi connectivity index (χ0) is 13.1. The van der Waals surface area contributed by atoms with Gasteiger partial charge in [-0.25, -0.2) is 13.1 Å². The van der Waals surface area contributed by atoms with Crippen molar-refractivity contribution < 1.29 is 8.42 Å². The van der Waals surface area contributed by atoms with Crippen molar-refractivity contribution in [3.63, 3.8) is 0 Å². The molecule has 0 aromatic heterocycles. The average molecular weight is 288 g/mol. The van der Waals surface area contributed by atoms with Gasteiger partial charge in [-0.3, -0.25) is 0 Å². The molecule has 1 saturated carbocycles. The lowest BCUT2D eigenvalue weighted by molar-refractivity contribution is 0.342. The molecule has 0 atom stereocenters. The molecule has 1 aliphatic rings. The highest BCUT2D eigenvalue weighted by Crippen LogP contribution is 2.38. The number of halogens is 1. The van der Waals surface area contributed by atoms with Gasteiger partial charge >= 0.3 is 0 Å². The number of sulfonamides is 1. The summed E-state index contributed by atoms with van der Waals surface area (Å²) in [7, 11) is -3.40. The first-order valence-electron chi connectivity index (χ1n) is 6.19. The molecule has 1 aromatic rings. The minimum absolute atomic E-state index is 0.0522. The lowest BCUT2D eigenvalue weighted by Crippen LogP contribution is -2.37. The highest BCUT2D eigenvalue weighted by molar-refractivity contribution is 7.89. The van der Waals surface area contributed by atoms with Gasteiger partial charge in [0.25, 0.3) is 0 Å². The maximum Gasteiger partial charge on any atom is 0.240 e. The topological polar surface area (TPSA) is 46.2 Å². The molecule has 1 fully saturated rings. The van der Waals surface area contributed by atoms with Crippen molar-refractivity contribution in [2.45, 2.75) is 30.6 Å². The van der Waals surface area contributed by atoms with Crippen molar-refractivity contribution >= 4 is 21.6 Å². The predicted octanol–water partition coefficient (Wildman–Crippen LogP) is 2.76. The molecule has 1 aliphatic carbocycles. The second-order valence-corrected chi connectivity index (χ2v) is 7.01. The van der Waals surface area contributed by atoms with Crippen molar-refractivity contribution in [1.82, 2.24) is 4.72 Å². The Balaban J connectivity index is 2.06. The van der Waals surface area contributed by atoms with Gasteiger partial charge in [0.1, 0.15) is 0 Å². The van der Waals surface area contributed by atoms with Crippen LogP contribution in [0.4, 0.5) is 0 Å². The number of hydrogen-bond donors (Lipinski definition) is 1. The first kappa shape index (κ1) is 13.8. The molecule has 0 saturated heterocycles. The molecular formula is C13H18ClNO2S. The van der Waals surface area contributed by atoms with Gasteiger partial charge < -0.3 is 0 Å². The standard InChI is InChI=1S/C13H18ClNO2S/c14-10-13(8-4-5-9-13)11-15-18(16,17)12-6-2-1-3-7-12/h1-3,6-7,15H,4-5,8-11H2. The largest absolute Gasteiger partial charge is 0.240 e. The van der Waals surface area contributed by atoms with Crippen LogP contribution in [0, 0.1) is 5.41 Å². The number of hydrogen-bond acceptors (Lipinski definition) is 2. The van der Waals surface area contributed by atoms with Crippen LogP contribution < -0.4 is 4.72 Å². The van der Waals surface area contributed by atoms with Gasteiger partial charge in [-0.15, -0.1) is 11.6 Å². The Bertz CT molecular complexity index is 481. The molecular weight excluding hydrogens is 270 g/mol. The summed E-state index contributed by atoms with van der Waals surface area (Å²) < 4.78 is 26.9. The third-order valence-electron chi connectivity index (χ3n) is 3.64. The number of benzene rings is 1. The average Bonchev–Trinajstić information content (AvgIpc) is 2.87. The van der Waals surface area contributed by atoms with E-state index >= 15 is 0 Å². The van der Waals surface area contributed by atoms with Crippen molar-refractivity contribution in [3.05, 3.63) is 30.3 Å². The van der Waals surface area contributed by atoms with Crippen LogP contribution in [-0.2, 0) is 10.0 Å². The first-order chi connectivity index (χ1) is 8.58. The zero-order valence-corrected chi connectivity index (χ0v) is 11.8. The monoisotopic (exact) mass is 287 g/mol. The van der Waals surface area contributed by atoms with E-state index in [9.17, 15) is 8.42 Å². The maximum absolute atomic E-state index is 12.1. The van der Waals surface area contributed by atoms with Gasteiger partial charge in [-0.05, 0) is 30.4 Å². The van der Waals surface area contributed by atoms with E-state index in [0.29, 0.717) is 17.3 Å². The van der Waals surface area contributed by atoms with Gasteiger partial charge in [0.2, 0.25) is 10.0 Å². The fourth-order valence-corrected chi connectivity index (χ4v) is 3.95. The van der Waals surface area contributed by atoms with E-state index < -0.39 is 10.0 Å². The smallest absolute Gasteiger partial charge is 0.211 e. The minimum atomic E-state index is -3.40. The van der Waals surface area contributed by atoms with Crippen LogP contribution in [0.15, 0.2) is 35.2 Å². The second-order valence-electron chi connectivity index (χ2n) is 4.98. The Labute approximate surface area is 114 Å². The van der Waals surface area contributed by atoms with Crippen LogP contribution in [-0.4, -0.2) is 20.8 Å². The second kappa shape index (κ2) is 5.59. The van der Waals surface area contributed by atoms with E-state index in [1.807, 2.05) is 0 Å². The fourth-order valence-electron chi connectivity index (χ4n) is 2.41. The van der Waals surface area contributed by atoms with E-state index in [1.54, 1.807) is 30.3 Å². The Kier molecular flexibility index (Phi) is 4.30. The lowest BCUT2D eigenvalue weighted by Gasteiger charge is -2.26. The number of alkyl halides is 1. The highest BCUT2D eigenvalue weighted by Gasteiger charge is 2.34. The third kappa shape index (κ3) is 3.05. The SMILES string of the molecule is O=S(=O)(NCC1(CCl)CCCC1)c1ccccc1. The third-order valence-corrected chi connectivity index (χ3v) is 5.62. The van der Waals surface area contributed by atoms with E-state index in [0.717, 1.165) is 25.7 Å². The summed E-state index contributed by atoms with van der Waals surface area (Å²) in [5, 5.41) is 0. The predicted molar refractivity (Wildman–Crippen MR) is 73.3 cm³/mol. The molecule has 5 heteroatoms. The number of rotatable bonds is 5. The van der Waals surface area contributed by atoms with Gasteiger partial charge in [-0.1, -0.05) is 31.0 Å². The zero-order valence-electron chi connectivity index (χ0n) is 10.2. The van der Waals surface area contributed by atoms with E-state index in [1.165, 1.54) is 0 Å². The summed E-state index contributed by atoms with van der Waals surface area (Å²) >= 11 is 6.00. The molecule has 3 nitrogen and oxygen atoms in total. The Morgan fingerprint density at radius 3 is 2.33 bits per heavy atom. The molecule has 0 bridgehead atoms. The first-order valence-corrected chi connectivity index (χ1v) is 8.20. The fraction of sp³-hybridized carbons (Fsp3) is 0.538. The van der Waals surface area contributed by atoms with E-state index in [-0.39, 0.29) is 5.41 Å². The van der Waals surface area contributed by atoms with Crippen molar-refractivity contribution in [2.24, 2.45) is 5.41 Å². The summed E-state index contributed by atoms with van der Waals surface area (Å²) in [4.78, 5) is 0.313. The van der Waals surface area contributed by atoms with Crippen molar-refractivity contribution in [3.8, 4) is 0 Å². The number of nitrogens with one attached hydrogen (secondary N) is 1. The van der Waals surface area contributed by atoms with Crippen LogP contribution in [0.2, 0.25) is 0 Å². The molecule has 18 heavy (non-hydrogen) atoms. The van der Waals surface area contributed by atoms with Crippen molar-refractivity contribution in [1.29, 1.82) is 0 Å². The van der Waals surface area contributed by atoms with Gasteiger partial charge in [0.15, 0.2) is 0 Å². The van der Waals surface area contributed by atoms with E-state index in [2.05, 4.69) is 4.72 Å². The van der Waals surface area contributed by atoms with Gasteiger partial charge in [-0.2, -0.15) is 0 Å². The highest BCUT2D eigenvalue weighted by atomic mass is 35.5. The molecule has 0 heterocycles. The molecule has 2 rings (SSSR count). The molecule has 0 spiro atoms. The van der Waals surface area contributed by atoms with Crippen LogP contribution in [0.3, 0.4) is 0 Å². The Hall–Kier alpha value is -0.580. The lowest BCUT2D eigenvalue weighted by atomic mass is 9.89. The van der Waals surface area contributed by atoms with Crippen LogP contribution in [0.5, 0.6) is 0 Å². The molecule has 1 aromatic carbocycles. The molecule has 1 N–H and O–H groups in total. The van der Waals surface area contributed by atoms with Crippen LogP contribution >= 0.6 is 11.6 Å². The van der Waals surface area contributed by atoms with Crippen LogP contribution in [0.25, 0.3) is 0 Å². The Morgan fingerprint density at radius 2 is 1.78 bits per heavy atom. The summed E-state index contributed by atoms with van der Waals surface area (Å²) in [6, 6.07) is 8.45. The normalized spacial score (nSPS) is 18.9. The summed E-state index contributed by atoms with van der Waals surface area (Å²) in [6.45, 7) is 0.438.